The molecule has 1 aromatic carbocycles. The maximum Gasteiger partial charge on any atom is 0.238 e. The van der Waals surface area contributed by atoms with Crippen molar-refractivity contribution < 1.29 is 8.42 Å². The molecule has 0 aliphatic heterocycles. The summed E-state index contributed by atoms with van der Waals surface area (Å²) in [6, 6.07) is 6.35. The molecule has 5 N–H and O–H groups in total. The van der Waals surface area contributed by atoms with E-state index in [0.717, 1.165) is 24.8 Å². The van der Waals surface area contributed by atoms with E-state index >= 15 is 0 Å². The Morgan fingerprint density at radius 1 is 0.909 bits per heavy atom. The van der Waals surface area contributed by atoms with Crippen molar-refractivity contribution in [2.75, 3.05) is 11.1 Å². The van der Waals surface area contributed by atoms with Gasteiger partial charge < -0.3 is 11.1 Å². The summed E-state index contributed by atoms with van der Waals surface area (Å²) in [5.74, 6) is 1.30. The van der Waals surface area contributed by atoms with Crippen molar-refractivity contribution in [3.63, 3.8) is 0 Å². The highest BCUT2D eigenvalue weighted by Crippen LogP contribution is 2.30. The normalized spacial score (nSPS) is 12.1. The van der Waals surface area contributed by atoms with Gasteiger partial charge in [0.05, 0.1) is 4.90 Å². The second-order valence-corrected chi connectivity index (χ2v) is 11.1. The molecule has 0 saturated heterocycles. The lowest BCUT2D eigenvalue weighted by Crippen LogP contribution is -2.12. The van der Waals surface area contributed by atoms with Crippen molar-refractivity contribution in [1.82, 2.24) is 15.0 Å². The van der Waals surface area contributed by atoms with Crippen molar-refractivity contribution in [3.05, 3.63) is 35.7 Å². The molecule has 1 aromatic heterocycles. The number of nitrogen functional groups attached to an aromatic ring is 1. The van der Waals surface area contributed by atoms with Crippen LogP contribution in [0.3, 0.4) is 0 Å². The molecule has 0 fully saturated rings. The molecule has 0 aliphatic rings. The fraction of sp³-hybridized carbons (Fsp3) is 0.625. The summed E-state index contributed by atoms with van der Waals surface area (Å²) in [5.41, 5.74) is 7.16. The number of nitrogens with zero attached hydrogens (tertiary/aromatic N) is 3. The number of sulfonamides is 1. The minimum absolute atomic E-state index is 0.0813. The fourth-order valence-corrected chi connectivity index (χ4v) is 4.34. The van der Waals surface area contributed by atoms with Gasteiger partial charge in [-0.05, 0) is 42.4 Å². The van der Waals surface area contributed by atoms with Crippen LogP contribution in [-0.2, 0) is 23.0 Å². The van der Waals surface area contributed by atoms with Crippen LogP contribution in [0.15, 0.2) is 29.2 Å². The van der Waals surface area contributed by atoms with E-state index in [1.807, 2.05) is 0 Å². The lowest BCUT2D eigenvalue weighted by atomic mass is 9.82. The van der Waals surface area contributed by atoms with Gasteiger partial charge in [0, 0.05) is 13.0 Å². The molecule has 0 bridgehead atoms. The molecule has 8 nitrogen and oxygen atoms in total. The number of aromatic nitrogens is 3. The molecule has 2 rings (SSSR count). The van der Waals surface area contributed by atoms with Crippen LogP contribution < -0.4 is 16.2 Å². The lowest BCUT2D eigenvalue weighted by Gasteiger charge is -2.24. The number of hydrogen-bond acceptors (Lipinski definition) is 7. The average molecular weight is 477 g/mol. The third-order valence-electron chi connectivity index (χ3n) is 5.86. The Balaban J connectivity index is 1.77. The van der Waals surface area contributed by atoms with Gasteiger partial charge >= 0.3 is 0 Å². The first-order valence-electron chi connectivity index (χ1n) is 11.9. The van der Waals surface area contributed by atoms with Crippen LogP contribution in [-0.4, -0.2) is 23.4 Å². The number of hydrogen-bond donors (Lipinski definition) is 3. The Kier molecular flexibility index (Phi) is 10.5. The monoisotopic (exact) mass is 476 g/mol. The number of nitrogens with two attached hydrogens (primary N) is 2. The van der Waals surface area contributed by atoms with Gasteiger partial charge in [0.25, 0.3) is 0 Å². The quantitative estimate of drug-likeness (QED) is 0.314. The van der Waals surface area contributed by atoms with Gasteiger partial charge in [-0.2, -0.15) is 15.0 Å². The van der Waals surface area contributed by atoms with E-state index in [9.17, 15) is 8.42 Å². The third kappa shape index (κ3) is 10.5. The van der Waals surface area contributed by atoms with Gasteiger partial charge in [0.15, 0.2) is 0 Å². The summed E-state index contributed by atoms with van der Waals surface area (Å²) in [5, 5.41) is 8.26. The van der Waals surface area contributed by atoms with Crippen molar-refractivity contribution in [2.45, 2.75) is 96.4 Å². The SMILES string of the molecule is CCCCCCC(C)(C)CCCCCc1nc(N)nc(NCc2ccc(S(N)(=O)=O)cc2)n1. The summed E-state index contributed by atoms with van der Waals surface area (Å²) >= 11 is 0. The largest absolute Gasteiger partial charge is 0.368 e. The maximum absolute atomic E-state index is 11.4. The molecule has 184 valence electrons. The first kappa shape index (κ1) is 27.0. The Labute approximate surface area is 199 Å². The number of unbranched alkanes of at least 4 members (excludes halogenated alkanes) is 5. The van der Waals surface area contributed by atoms with Crippen LogP contribution in [0.5, 0.6) is 0 Å². The van der Waals surface area contributed by atoms with Crippen molar-refractivity contribution in [2.24, 2.45) is 10.6 Å². The van der Waals surface area contributed by atoms with Gasteiger partial charge in [-0.3, -0.25) is 0 Å². The average Bonchev–Trinajstić information content (AvgIpc) is 2.74. The van der Waals surface area contributed by atoms with Crippen molar-refractivity contribution in [3.8, 4) is 0 Å². The molecule has 0 spiro atoms. The van der Waals surface area contributed by atoms with E-state index in [1.165, 1.54) is 57.1 Å². The number of benzene rings is 1. The van der Waals surface area contributed by atoms with Crippen LogP contribution in [0.4, 0.5) is 11.9 Å². The number of primary sulfonamides is 1. The van der Waals surface area contributed by atoms with Crippen LogP contribution in [0, 0.1) is 5.41 Å². The van der Waals surface area contributed by atoms with Gasteiger partial charge in [0.2, 0.25) is 21.9 Å². The summed E-state index contributed by atoms with van der Waals surface area (Å²) < 4.78 is 22.7. The van der Waals surface area contributed by atoms with E-state index < -0.39 is 10.0 Å². The molecule has 0 aliphatic carbocycles. The van der Waals surface area contributed by atoms with Crippen LogP contribution >= 0.6 is 0 Å². The van der Waals surface area contributed by atoms with E-state index in [0.29, 0.717) is 23.7 Å². The number of rotatable bonds is 15. The molecule has 2 aromatic rings. The molecule has 0 unspecified atom stereocenters. The zero-order valence-electron chi connectivity index (χ0n) is 20.3. The molecular formula is C24H40N6O2S. The van der Waals surface area contributed by atoms with Gasteiger partial charge in [-0.25, -0.2) is 13.6 Å². The second kappa shape index (κ2) is 12.8. The van der Waals surface area contributed by atoms with Gasteiger partial charge in [0.1, 0.15) is 5.82 Å². The van der Waals surface area contributed by atoms with Crippen LogP contribution in [0.25, 0.3) is 0 Å². The Morgan fingerprint density at radius 2 is 1.55 bits per heavy atom. The van der Waals surface area contributed by atoms with E-state index in [1.54, 1.807) is 12.1 Å². The zero-order valence-corrected chi connectivity index (χ0v) is 21.1. The topological polar surface area (TPSA) is 137 Å². The van der Waals surface area contributed by atoms with Crippen LogP contribution in [0.2, 0.25) is 0 Å². The van der Waals surface area contributed by atoms with Gasteiger partial charge in [-0.1, -0.05) is 71.4 Å². The molecule has 0 saturated carbocycles. The van der Waals surface area contributed by atoms with E-state index in [2.05, 4.69) is 41.0 Å². The molecule has 1 heterocycles. The number of anilines is 2. The predicted molar refractivity (Wildman–Crippen MR) is 134 cm³/mol. The Morgan fingerprint density at radius 3 is 2.15 bits per heavy atom. The minimum Gasteiger partial charge on any atom is -0.368 e. The Bertz CT molecular complexity index is 961. The fourth-order valence-electron chi connectivity index (χ4n) is 3.83. The summed E-state index contributed by atoms with van der Waals surface area (Å²) in [4.78, 5) is 13.0. The van der Waals surface area contributed by atoms with Crippen molar-refractivity contribution in [1.29, 1.82) is 0 Å². The lowest BCUT2D eigenvalue weighted by molar-refractivity contribution is 0.283. The third-order valence-corrected chi connectivity index (χ3v) is 6.79. The van der Waals surface area contributed by atoms with Crippen molar-refractivity contribution >= 4 is 21.9 Å². The summed E-state index contributed by atoms with van der Waals surface area (Å²) in [6.45, 7) is 7.45. The summed E-state index contributed by atoms with van der Waals surface area (Å²) in [6.07, 6.45) is 12.0. The maximum atomic E-state index is 11.4. The predicted octanol–water partition coefficient (Wildman–Crippen LogP) is 4.81. The van der Waals surface area contributed by atoms with E-state index in [-0.39, 0.29) is 10.8 Å². The van der Waals surface area contributed by atoms with Gasteiger partial charge in [-0.15, -0.1) is 0 Å². The summed E-state index contributed by atoms with van der Waals surface area (Å²) in [7, 11) is -3.70. The molecule has 33 heavy (non-hydrogen) atoms. The molecule has 0 amide bonds. The molecule has 0 atom stereocenters. The first-order valence-corrected chi connectivity index (χ1v) is 13.5. The molecule has 0 radical (unpaired) electrons. The minimum atomic E-state index is -3.70. The highest BCUT2D eigenvalue weighted by atomic mass is 32.2. The second-order valence-electron chi connectivity index (χ2n) is 9.51. The molecule has 9 heteroatoms. The number of aryl methyl sites for hydroxylation is 1. The molecular weight excluding hydrogens is 436 g/mol. The standard InChI is InChI=1S/C24H40N6O2S/c1-4-5-6-9-16-24(2,3)17-10-7-8-11-21-28-22(25)30-23(29-21)27-18-19-12-14-20(15-13-19)33(26,31)32/h12-15H,4-11,16-18H2,1-3H3,(H2,26,31,32)(H3,25,27,28,29,30). The van der Waals surface area contributed by atoms with Crippen LogP contribution in [0.1, 0.15) is 89.9 Å². The zero-order chi connectivity index (χ0) is 24.3. The highest BCUT2D eigenvalue weighted by Gasteiger charge is 2.16. The Hall–Kier alpha value is -2.26. The highest BCUT2D eigenvalue weighted by molar-refractivity contribution is 7.89. The number of nitrogens with one attached hydrogen (secondary N) is 1. The van der Waals surface area contributed by atoms with E-state index in [4.69, 9.17) is 10.9 Å². The first-order chi connectivity index (χ1) is 15.6. The smallest absolute Gasteiger partial charge is 0.238 e.